The molecule has 0 bridgehead atoms. The molecule has 6 heteroatoms. The maximum Gasteiger partial charge on any atom is 0.221 e. The van der Waals surface area contributed by atoms with Crippen molar-refractivity contribution in [1.82, 2.24) is 9.88 Å². The number of aliphatic hydroxyl groups is 1. The molecule has 30 heavy (non-hydrogen) atoms. The third-order valence-corrected chi connectivity index (χ3v) is 7.40. The molecule has 0 spiro atoms. The molecule has 1 saturated heterocycles. The van der Waals surface area contributed by atoms with Crippen molar-refractivity contribution >= 4 is 5.57 Å². The lowest BCUT2D eigenvalue weighted by molar-refractivity contribution is -0.00142. The number of fused-ring (bicyclic) bond motifs is 2. The number of rotatable bonds is 5. The van der Waals surface area contributed by atoms with Crippen LogP contribution in [0.5, 0.6) is 5.88 Å². The van der Waals surface area contributed by atoms with Crippen LogP contribution in [0.15, 0.2) is 17.8 Å². The molecule has 1 N–H and O–H groups in total. The van der Waals surface area contributed by atoms with Gasteiger partial charge in [0.1, 0.15) is 12.2 Å². The number of morpholine rings is 1. The van der Waals surface area contributed by atoms with Crippen molar-refractivity contribution in [2.75, 3.05) is 26.3 Å². The summed E-state index contributed by atoms with van der Waals surface area (Å²) in [5.41, 5.74) is 5.22. The standard InChI is InChI=1S/C24H31N3O3/c25-15-20(28)14-17-2-1-16-13-18-7-8-26-24(23(18)22(16)17)30-21-5-3-19(4-6-21)27-9-11-29-12-10-27/h7-8,17,19-21,28H,1-6,9-14H2. The molecule has 2 unspecified atom stereocenters. The van der Waals surface area contributed by atoms with E-state index in [1.807, 2.05) is 12.3 Å². The SMILES string of the molecule is N#CC(O)CC1CCC2=C1c1c(ccnc1OC1CCC(N3CCOCC3)CC1)C2. The number of hydrogen-bond acceptors (Lipinski definition) is 6. The molecule has 1 aromatic heterocycles. The highest BCUT2D eigenvalue weighted by molar-refractivity contribution is 5.82. The molecule has 2 atom stereocenters. The highest BCUT2D eigenvalue weighted by Crippen LogP contribution is 2.50. The largest absolute Gasteiger partial charge is 0.474 e. The summed E-state index contributed by atoms with van der Waals surface area (Å²) < 4.78 is 12.0. The summed E-state index contributed by atoms with van der Waals surface area (Å²) in [4.78, 5) is 7.22. The third-order valence-electron chi connectivity index (χ3n) is 7.40. The first-order chi connectivity index (χ1) is 14.7. The molecular weight excluding hydrogens is 378 g/mol. The molecule has 4 aliphatic rings. The molecule has 0 amide bonds. The van der Waals surface area contributed by atoms with Gasteiger partial charge in [-0.3, -0.25) is 4.90 Å². The van der Waals surface area contributed by atoms with Gasteiger partial charge >= 0.3 is 0 Å². The van der Waals surface area contributed by atoms with Gasteiger partial charge in [-0.25, -0.2) is 4.98 Å². The second-order valence-corrected chi connectivity index (χ2v) is 9.16. The number of allylic oxidation sites excluding steroid dienone is 2. The van der Waals surface area contributed by atoms with E-state index in [0.717, 1.165) is 69.9 Å². The number of aromatic nitrogens is 1. The lowest BCUT2D eigenvalue weighted by Crippen LogP contribution is -2.46. The van der Waals surface area contributed by atoms with E-state index in [4.69, 9.17) is 14.7 Å². The van der Waals surface area contributed by atoms with Crippen LogP contribution in [0.2, 0.25) is 0 Å². The van der Waals surface area contributed by atoms with E-state index in [2.05, 4.69) is 16.0 Å². The minimum absolute atomic E-state index is 0.218. The molecule has 160 valence electrons. The van der Waals surface area contributed by atoms with Crippen molar-refractivity contribution < 1.29 is 14.6 Å². The van der Waals surface area contributed by atoms with E-state index in [-0.39, 0.29) is 12.0 Å². The maximum absolute atomic E-state index is 9.91. The van der Waals surface area contributed by atoms with Crippen molar-refractivity contribution in [3.05, 3.63) is 29.0 Å². The van der Waals surface area contributed by atoms with E-state index in [1.165, 1.54) is 29.6 Å². The zero-order valence-electron chi connectivity index (χ0n) is 17.6. The first-order valence-electron chi connectivity index (χ1n) is 11.5. The van der Waals surface area contributed by atoms with Crippen molar-refractivity contribution in [2.45, 2.75) is 69.6 Å². The molecule has 1 aromatic rings. The Kier molecular flexibility index (Phi) is 5.77. The summed E-state index contributed by atoms with van der Waals surface area (Å²) in [5.74, 6) is 1.00. The minimum Gasteiger partial charge on any atom is -0.474 e. The molecule has 3 aliphatic carbocycles. The van der Waals surface area contributed by atoms with Gasteiger partial charge in [0.2, 0.25) is 5.88 Å². The fourth-order valence-corrected chi connectivity index (χ4v) is 5.90. The molecular formula is C24H31N3O3. The maximum atomic E-state index is 9.91. The molecule has 0 radical (unpaired) electrons. The quantitative estimate of drug-likeness (QED) is 0.753. The zero-order valence-corrected chi connectivity index (χ0v) is 17.6. The van der Waals surface area contributed by atoms with Crippen molar-refractivity contribution in [3.8, 4) is 11.9 Å². The summed E-state index contributed by atoms with van der Waals surface area (Å²) in [5, 5.41) is 19.0. The second kappa shape index (κ2) is 8.66. The van der Waals surface area contributed by atoms with Gasteiger partial charge in [0.25, 0.3) is 0 Å². The Hall–Kier alpha value is -1.94. The van der Waals surface area contributed by atoms with Crippen LogP contribution in [0, 0.1) is 17.2 Å². The van der Waals surface area contributed by atoms with Crippen LogP contribution in [0.4, 0.5) is 0 Å². The van der Waals surface area contributed by atoms with E-state index in [9.17, 15) is 5.11 Å². The Morgan fingerprint density at radius 3 is 2.80 bits per heavy atom. The first-order valence-corrected chi connectivity index (χ1v) is 11.5. The summed E-state index contributed by atoms with van der Waals surface area (Å²) in [6, 6.07) is 4.74. The summed E-state index contributed by atoms with van der Waals surface area (Å²) >= 11 is 0. The second-order valence-electron chi connectivity index (χ2n) is 9.16. The summed E-state index contributed by atoms with van der Waals surface area (Å²) in [7, 11) is 0. The highest BCUT2D eigenvalue weighted by Gasteiger charge is 2.37. The molecule has 0 aromatic carbocycles. The van der Waals surface area contributed by atoms with Gasteiger partial charge in [0.15, 0.2) is 0 Å². The third kappa shape index (κ3) is 3.87. The monoisotopic (exact) mass is 409 g/mol. The van der Waals surface area contributed by atoms with E-state index in [0.29, 0.717) is 12.5 Å². The minimum atomic E-state index is -0.901. The van der Waals surface area contributed by atoms with Gasteiger partial charge in [-0.05, 0) is 74.5 Å². The predicted octanol–water partition coefficient (Wildman–Crippen LogP) is 3.10. The Balaban J connectivity index is 1.28. The fraction of sp³-hybridized carbons (Fsp3) is 0.667. The van der Waals surface area contributed by atoms with E-state index >= 15 is 0 Å². The highest BCUT2D eigenvalue weighted by atomic mass is 16.5. The Bertz CT molecular complexity index is 848. The van der Waals surface area contributed by atoms with E-state index < -0.39 is 6.10 Å². The average Bonchev–Trinajstić information content (AvgIpc) is 3.35. The molecule has 2 fully saturated rings. The Morgan fingerprint density at radius 1 is 1.23 bits per heavy atom. The van der Waals surface area contributed by atoms with Crippen LogP contribution >= 0.6 is 0 Å². The van der Waals surface area contributed by atoms with Crippen LogP contribution in [0.1, 0.15) is 56.1 Å². The number of pyridine rings is 1. The Labute approximate surface area is 178 Å². The molecule has 1 aliphatic heterocycles. The summed E-state index contributed by atoms with van der Waals surface area (Å²) in [6.45, 7) is 3.82. The molecule has 5 rings (SSSR count). The lowest BCUT2D eigenvalue weighted by Gasteiger charge is -2.38. The molecule has 6 nitrogen and oxygen atoms in total. The van der Waals surface area contributed by atoms with Gasteiger partial charge in [0.05, 0.1) is 19.3 Å². The predicted molar refractivity (Wildman–Crippen MR) is 113 cm³/mol. The van der Waals surface area contributed by atoms with Gasteiger partial charge in [-0.1, -0.05) is 5.57 Å². The normalized spacial score (nSPS) is 29.9. The number of nitriles is 1. The smallest absolute Gasteiger partial charge is 0.221 e. The van der Waals surface area contributed by atoms with Crippen LogP contribution in [-0.2, 0) is 11.2 Å². The van der Waals surface area contributed by atoms with Crippen molar-refractivity contribution in [3.63, 3.8) is 0 Å². The van der Waals surface area contributed by atoms with Crippen LogP contribution in [0.25, 0.3) is 5.57 Å². The zero-order chi connectivity index (χ0) is 20.5. The van der Waals surface area contributed by atoms with Crippen molar-refractivity contribution in [1.29, 1.82) is 5.26 Å². The number of ether oxygens (including phenoxy) is 2. The van der Waals surface area contributed by atoms with E-state index in [1.54, 1.807) is 0 Å². The lowest BCUT2D eigenvalue weighted by atomic mass is 9.90. The van der Waals surface area contributed by atoms with Gasteiger partial charge in [-0.15, -0.1) is 0 Å². The van der Waals surface area contributed by atoms with Crippen LogP contribution < -0.4 is 4.74 Å². The first kappa shape index (κ1) is 20.0. The summed E-state index contributed by atoms with van der Waals surface area (Å²) in [6.07, 6.45) is 9.20. The number of aliphatic hydroxyl groups excluding tert-OH is 1. The average molecular weight is 410 g/mol. The number of nitrogens with zero attached hydrogens (tertiary/aromatic N) is 3. The van der Waals surface area contributed by atoms with Crippen LogP contribution in [0.3, 0.4) is 0 Å². The topological polar surface area (TPSA) is 78.6 Å². The molecule has 1 saturated carbocycles. The number of hydrogen-bond donors (Lipinski definition) is 1. The van der Waals surface area contributed by atoms with Gasteiger partial charge < -0.3 is 14.6 Å². The Morgan fingerprint density at radius 2 is 2.03 bits per heavy atom. The van der Waals surface area contributed by atoms with Gasteiger partial charge in [-0.2, -0.15) is 5.26 Å². The van der Waals surface area contributed by atoms with Gasteiger partial charge in [0, 0.05) is 30.9 Å². The van der Waals surface area contributed by atoms with Crippen molar-refractivity contribution in [2.24, 2.45) is 5.92 Å². The fourth-order valence-electron chi connectivity index (χ4n) is 5.90. The van der Waals surface area contributed by atoms with Crippen LogP contribution in [-0.4, -0.2) is 59.5 Å². The molecule has 2 heterocycles.